The predicted molar refractivity (Wildman–Crippen MR) is 117 cm³/mol. The third-order valence-electron chi connectivity index (χ3n) is 5.20. The third kappa shape index (κ3) is 4.82. The first-order valence-corrected chi connectivity index (χ1v) is 10.1. The number of ether oxygens (including phenoxy) is 2. The molecule has 3 rings (SSSR count). The second kappa shape index (κ2) is 9.96. The number of hydrogen-bond acceptors (Lipinski definition) is 4. The van der Waals surface area contributed by atoms with Gasteiger partial charge in [-0.25, -0.2) is 0 Å². The summed E-state index contributed by atoms with van der Waals surface area (Å²) in [6.07, 6.45) is 5.18. The van der Waals surface area contributed by atoms with Crippen molar-refractivity contribution < 1.29 is 19.1 Å². The molecule has 1 heterocycles. The van der Waals surface area contributed by atoms with Gasteiger partial charge in [0.05, 0.1) is 20.3 Å². The van der Waals surface area contributed by atoms with Crippen molar-refractivity contribution in [2.75, 3.05) is 27.3 Å². The number of likely N-dealkylation sites (tertiary alicyclic amines) is 1. The van der Waals surface area contributed by atoms with Crippen LogP contribution in [0, 0.1) is 0 Å². The minimum Gasteiger partial charge on any atom is -0.493 e. The van der Waals surface area contributed by atoms with E-state index in [1.807, 2.05) is 54.3 Å². The smallest absolute Gasteiger partial charge is 0.251 e. The van der Waals surface area contributed by atoms with E-state index in [0.717, 1.165) is 24.1 Å². The number of nitrogens with zero attached hydrogens (tertiary/aromatic N) is 1. The van der Waals surface area contributed by atoms with Crippen molar-refractivity contribution >= 4 is 17.9 Å². The standard InChI is InChI=1S/C24H28N2O4/c1-4-9-18-14-19(15-21(29-2)23(18)30-3)24(28)25-20(17-10-6-5-7-11-17)16-26-13-8-12-22(26)27/h4-7,9-11,14-15,20H,8,12-13,16H2,1-3H3,(H,25,28)/b9-4+. The van der Waals surface area contributed by atoms with E-state index in [0.29, 0.717) is 30.0 Å². The van der Waals surface area contributed by atoms with E-state index in [4.69, 9.17) is 9.47 Å². The molecule has 1 fully saturated rings. The van der Waals surface area contributed by atoms with Gasteiger partial charge in [0.15, 0.2) is 11.5 Å². The van der Waals surface area contributed by atoms with E-state index >= 15 is 0 Å². The fraction of sp³-hybridized carbons (Fsp3) is 0.333. The number of methoxy groups -OCH3 is 2. The number of carbonyl (C=O) groups is 2. The van der Waals surface area contributed by atoms with E-state index < -0.39 is 0 Å². The van der Waals surface area contributed by atoms with Crippen LogP contribution >= 0.6 is 0 Å². The average Bonchev–Trinajstić information content (AvgIpc) is 3.17. The van der Waals surface area contributed by atoms with Gasteiger partial charge < -0.3 is 19.7 Å². The molecule has 1 aliphatic heterocycles. The van der Waals surface area contributed by atoms with Gasteiger partial charge in [0.2, 0.25) is 5.91 Å². The van der Waals surface area contributed by atoms with Crippen LogP contribution in [-0.4, -0.2) is 44.0 Å². The first-order valence-electron chi connectivity index (χ1n) is 10.1. The first-order chi connectivity index (χ1) is 14.6. The lowest BCUT2D eigenvalue weighted by Gasteiger charge is -2.25. The Morgan fingerprint density at radius 2 is 1.97 bits per heavy atom. The second-order valence-electron chi connectivity index (χ2n) is 7.18. The third-order valence-corrected chi connectivity index (χ3v) is 5.20. The molecule has 30 heavy (non-hydrogen) atoms. The highest BCUT2D eigenvalue weighted by atomic mass is 16.5. The lowest BCUT2D eigenvalue weighted by molar-refractivity contribution is -0.128. The number of nitrogens with one attached hydrogen (secondary N) is 1. The van der Waals surface area contributed by atoms with Crippen LogP contribution < -0.4 is 14.8 Å². The average molecular weight is 408 g/mol. The molecule has 0 aliphatic carbocycles. The summed E-state index contributed by atoms with van der Waals surface area (Å²) in [5.41, 5.74) is 2.18. The molecule has 0 spiro atoms. The lowest BCUT2D eigenvalue weighted by Crippen LogP contribution is -2.38. The van der Waals surface area contributed by atoms with Crippen molar-refractivity contribution in [2.24, 2.45) is 0 Å². The molecule has 0 radical (unpaired) electrons. The minimum atomic E-state index is -0.306. The van der Waals surface area contributed by atoms with Gasteiger partial charge in [0.25, 0.3) is 5.91 Å². The largest absolute Gasteiger partial charge is 0.493 e. The van der Waals surface area contributed by atoms with Crippen LogP contribution in [-0.2, 0) is 4.79 Å². The highest BCUT2D eigenvalue weighted by Crippen LogP contribution is 2.34. The molecule has 0 aromatic heterocycles. The van der Waals surface area contributed by atoms with E-state index in [1.54, 1.807) is 26.4 Å². The lowest BCUT2D eigenvalue weighted by atomic mass is 10.0. The molecule has 1 N–H and O–H groups in total. The summed E-state index contributed by atoms with van der Waals surface area (Å²) in [5.74, 6) is 0.965. The molecule has 1 saturated heterocycles. The molecular weight excluding hydrogens is 380 g/mol. The Bertz CT molecular complexity index is 924. The molecular formula is C24H28N2O4. The molecule has 6 heteroatoms. The Labute approximate surface area is 177 Å². The van der Waals surface area contributed by atoms with Crippen molar-refractivity contribution in [3.8, 4) is 11.5 Å². The number of allylic oxidation sites excluding steroid dienone is 1. The molecule has 0 saturated carbocycles. The molecule has 6 nitrogen and oxygen atoms in total. The van der Waals surface area contributed by atoms with Crippen molar-refractivity contribution in [1.82, 2.24) is 10.2 Å². The summed E-state index contributed by atoms with van der Waals surface area (Å²) in [7, 11) is 3.12. The van der Waals surface area contributed by atoms with Gasteiger partial charge in [-0.05, 0) is 31.0 Å². The summed E-state index contributed by atoms with van der Waals surface area (Å²) in [6, 6.07) is 12.9. The summed E-state index contributed by atoms with van der Waals surface area (Å²) >= 11 is 0. The fourth-order valence-electron chi connectivity index (χ4n) is 3.71. The topological polar surface area (TPSA) is 67.9 Å². The Kier molecular flexibility index (Phi) is 7.12. The molecule has 1 atom stereocenters. The van der Waals surface area contributed by atoms with Crippen molar-refractivity contribution in [3.63, 3.8) is 0 Å². The predicted octanol–water partition coefficient (Wildman–Crippen LogP) is 3.83. The fourth-order valence-corrected chi connectivity index (χ4v) is 3.71. The Hall–Kier alpha value is -3.28. The van der Waals surface area contributed by atoms with Crippen LogP contribution in [0.15, 0.2) is 48.5 Å². The van der Waals surface area contributed by atoms with Crippen LogP contribution in [0.25, 0.3) is 6.08 Å². The number of rotatable bonds is 8. The van der Waals surface area contributed by atoms with Gasteiger partial charge in [0, 0.05) is 30.6 Å². The summed E-state index contributed by atoms with van der Waals surface area (Å²) in [4.78, 5) is 27.1. The van der Waals surface area contributed by atoms with Gasteiger partial charge in [-0.15, -0.1) is 0 Å². The maximum Gasteiger partial charge on any atom is 0.251 e. The quantitative estimate of drug-likeness (QED) is 0.721. The van der Waals surface area contributed by atoms with Gasteiger partial charge in [-0.2, -0.15) is 0 Å². The first kappa shape index (κ1) is 21.4. The Balaban J connectivity index is 1.90. The highest BCUT2D eigenvalue weighted by molar-refractivity contribution is 5.96. The summed E-state index contributed by atoms with van der Waals surface area (Å²) in [6.45, 7) is 3.07. The zero-order chi connectivity index (χ0) is 21.5. The zero-order valence-electron chi connectivity index (χ0n) is 17.7. The van der Waals surface area contributed by atoms with Gasteiger partial charge in [-0.1, -0.05) is 42.5 Å². The molecule has 158 valence electrons. The Morgan fingerprint density at radius 3 is 2.57 bits per heavy atom. The van der Waals surface area contributed by atoms with Crippen molar-refractivity contribution in [2.45, 2.75) is 25.8 Å². The number of benzene rings is 2. The van der Waals surface area contributed by atoms with Crippen molar-refractivity contribution in [3.05, 3.63) is 65.2 Å². The van der Waals surface area contributed by atoms with Gasteiger partial charge >= 0.3 is 0 Å². The van der Waals surface area contributed by atoms with Crippen LogP contribution in [0.2, 0.25) is 0 Å². The van der Waals surface area contributed by atoms with E-state index in [9.17, 15) is 9.59 Å². The van der Waals surface area contributed by atoms with Crippen molar-refractivity contribution in [1.29, 1.82) is 0 Å². The highest BCUT2D eigenvalue weighted by Gasteiger charge is 2.26. The van der Waals surface area contributed by atoms with Crippen LogP contribution in [0.5, 0.6) is 11.5 Å². The SMILES string of the molecule is C/C=C/c1cc(C(=O)NC(CN2CCCC2=O)c2ccccc2)cc(OC)c1OC. The minimum absolute atomic E-state index is 0.131. The molecule has 0 bridgehead atoms. The van der Waals surface area contributed by atoms with Crippen LogP contribution in [0.1, 0.15) is 47.3 Å². The molecule has 2 aromatic rings. The van der Waals surface area contributed by atoms with Crippen LogP contribution in [0.4, 0.5) is 0 Å². The molecule has 1 unspecified atom stereocenters. The normalized spacial score (nSPS) is 14.8. The zero-order valence-corrected chi connectivity index (χ0v) is 17.7. The Morgan fingerprint density at radius 1 is 1.20 bits per heavy atom. The van der Waals surface area contributed by atoms with E-state index in [2.05, 4.69) is 5.32 Å². The maximum absolute atomic E-state index is 13.2. The molecule has 1 aliphatic rings. The van der Waals surface area contributed by atoms with Crippen LogP contribution in [0.3, 0.4) is 0 Å². The monoisotopic (exact) mass is 408 g/mol. The maximum atomic E-state index is 13.2. The number of amides is 2. The van der Waals surface area contributed by atoms with Gasteiger partial charge in [0.1, 0.15) is 0 Å². The molecule has 2 amide bonds. The van der Waals surface area contributed by atoms with E-state index in [-0.39, 0.29) is 17.9 Å². The number of carbonyl (C=O) groups excluding carboxylic acids is 2. The van der Waals surface area contributed by atoms with Gasteiger partial charge in [-0.3, -0.25) is 9.59 Å². The number of hydrogen-bond donors (Lipinski definition) is 1. The molecule has 2 aromatic carbocycles. The summed E-state index contributed by atoms with van der Waals surface area (Å²) in [5, 5.41) is 3.10. The second-order valence-corrected chi connectivity index (χ2v) is 7.18. The summed E-state index contributed by atoms with van der Waals surface area (Å²) < 4.78 is 10.9. The van der Waals surface area contributed by atoms with E-state index in [1.165, 1.54) is 0 Å².